The molecule has 1 amide bonds. The second-order valence-electron chi connectivity index (χ2n) is 6.07. The molecule has 2 aromatic rings. The van der Waals surface area contributed by atoms with Crippen molar-refractivity contribution in [3.63, 3.8) is 0 Å². The lowest BCUT2D eigenvalue weighted by molar-refractivity contribution is -0.121. The van der Waals surface area contributed by atoms with Gasteiger partial charge >= 0.3 is 0 Å². The van der Waals surface area contributed by atoms with E-state index in [2.05, 4.69) is 22.2 Å². The molecule has 0 bridgehead atoms. The zero-order chi connectivity index (χ0) is 15.4. The van der Waals surface area contributed by atoms with Crippen LogP contribution in [0.4, 0.5) is 0 Å². The van der Waals surface area contributed by atoms with E-state index in [-0.39, 0.29) is 5.91 Å². The predicted octanol–water partition coefficient (Wildman–Crippen LogP) is 3.44. The molecule has 0 spiro atoms. The van der Waals surface area contributed by atoms with Gasteiger partial charge in [0.25, 0.3) is 0 Å². The van der Waals surface area contributed by atoms with E-state index < -0.39 is 0 Å². The van der Waals surface area contributed by atoms with Crippen molar-refractivity contribution in [1.29, 1.82) is 0 Å². The number of thiazole rings is 1. The van der Waals surface area contributed by atoms with Gasteiger partial charge in [-0.25, -0.2) is 4.98 Å². The second-order valence-corrected chi connectivity index (χ2v) is 6.93. The normalized spacial score (nSPS) is 21.5. The number of amides is 1. The van der Waals surface area contributed by atoms with Crippen LogP contribution in [0.15, 0.2) is 29.8 Å². The number of aromatic nitrogens is 2. The topological polar surface area (TPSA) is 54.9 Å². The van der Waals surface area contributed by atoms with Crippen LogP contribution in [-0.2, 0) is 11.2 Å². The number of nitrogens with zero attached hydrogens (tertiary/aromatic N) is 2. The summed E-state index contributed by atoms with van der Waals surface area (Å²) in [7, 11) is 0. The Morgan fingerprint density at radius 2 is 2.32 bits per heavy atom. The highest BCUT2D eigenvalue weighted by Crippen LogP contribution is 2.24. The second kappa shape index (κ2) is 7.01. The highest BCUT2D eigenvalue weighted by Gasteiger charge is 2.20. The maximum Gasteiger partial charge on any atom is 0.226 e. The molecule has 2 heterocycles. The van der Waals surface area contributed by atoms with Crippen LogP contribution >= 0.6 is 11.3 Å². The van der Waals surface area contributed by atoms with E-state index >= 15 is 0 Å². The minimum absolute atomic E-state index is 0.0805. The summed E-state index contributed by atoms with van der Waals surface area (Å²) in [6.45, 7) is 2.26. The van der Waals surface area contributed by atoms with E-state index in [9.17, 15) is 4.79 Å². The lowest BCUT2D eigenvalue weighted by Crippen LogP contribution is -2.38. The minimum atomic E-state index is 0.0805. The molecular formula is C17H21N3OS. The summed E-state index contributed by atoms with van der Waals surface area (Å²) in [5.74, 6) is 0.797. The van der Waals surface area contributed by atoms with E-state index in [1.807, 2.05) is 23.6 Å². The van der Waals surface area contributed by atoms with Crippen molar-refractivity contribution in [2.45, 2.75) is 45.1 Å². The summed E-state index contributed by atoms with van der Waals surface area (Å²) >= 11 is 1.54. The number of carbonyl (C=O) groups excluding carboxylic acids is 1. The summed E-state index contributed by atoms with van der Waals surface area (Å²) in [4.78, 5) is 21.0. The Balaban J connectivity index is 1.57. The first-order valence-corrected chi connectivity index (χ1v) is 8.74. The van der Waals surface area contributed by atoms with E-state index in [1.54, 1.807) is 6.20 Å². The first-order chi connectivity index (χ1) is 10.7. The van der Waals surface area contributed by atoms with Crippen LogP contribution < -0.4 is 5.32 Å². The van der Waals surface area contributed by atoms with Crippen molar-refractivity contribution in [3.05, 3.63) is 35.5 Å². The summed E-state index contributed by atoms with van der Waals surface area (Å²) in [5.41, 5.74) is 1.69. The van der Waals surface area contributed by atoms with Gasteiger partial charge < -0.3 is 5.32 Å². The van der Waals surface area contributed by atoms with Crippen molar-refractivity contribution in [2.75, 3.05) is 0 Å². The molecule has 2 aromatic heterocycles. The van der Waals surface area contributed by atoms with Gasteiger partial charge in [0, 0.05) is 17.6 Å². The number of nitrogens with one attached hydrogen (secondary N) is 1. The molecule has 1 aliphatic carbocycles. The molecule has 0 aliphatic heterocycles. The molecule has 22 heavy (non-hydrogen) atoms. The smallest absolute Gasteiger partial charge is 0.226 e. The van der Waals surface area contributed by atoms with Gasteiger partial charge in [0.2, 0.25) is 5.91 Å². The average molecular weight is 315 g/mol. The van der Waals surface area contributed by atoms with Crippen molar-refractivity contribution >= 4 is 17.2 Å². The van der Waals surface area contributed by atoms with Gasteiger partial charge in [0.15, 0.2) is 0 Å². The Morgan fingerprint density at radius 3 is 3.09 bits per heavy atom. The zero-order valence-electron chi connectivity index (χ0n) is 12.8. The molecule has 4 nitrogen and oxygen atoms in total. The average Bonchev–Trinajstić information content (AvgIpc) is 2.96. The number of rotatable bonds is 4. The van der Waals surface area contributed by atoms with Gasteiger partial charge in [-0.1, -0.05) is 25.8 Å². The number of pyridine rings is 1. The molecule has 1 aliphatic rings. The third kappa shape index (κ3) is 3.91. The van der Waals surface area contributed by atoms with Gasteiger partial charge in [-0.05, 0) is 30.9 Å². The van der Waals surface area contributed by atoms with Crippen molar-refractivity contribution in [1.82, 2.24) is 15.3 Å². The summed E-state index contributed by atoms with van der Waals surface area (Å²) < 4.78 is 0. The monoisotopic (exact) mass is 315 g/mol. The molecule has 0 saturated heterocycles. The summed E-state index contributed by atoms with van der Waals surface area (Å²) in [6, 6.07) is 6.11. The number of hydrogen-bond acceptors (Lipinski definition) is 4. The fourth-order valence-corrected chi connectivity index (χ4v) is 3.80. The largest absolute Gasteiger partial charge is 0.353 e. The molecular weight excluding hydrogens is 294 g/mol. The molecule has 0 radical (unpaired) electrons. The molecule has 116 valence electrons. The maximum absolute atomic E-state index is 12.2. The zero-order valence-corrected chi connectivity index (χ0v) is 13.6. The van der Waals surface area contributed by atoms with Crippen LogP contribution in [0.25, 0.3) is 10.7 Å². The van der Waals surface area contributed by atoms with Gasteiger partial charge in [0.05, 0.1) is 17.8 Å². The molecule has 1 fully saturated rings. The molecule has 1 saturated carbocycles. The first-order valence-electron chi connectivity index (χ1n) is 7.86. The number of hydrogen-bond donors (Lipinski definition) is 1. The van der Waals surface area contributed by atoms with Crippen molar-refractivity contribution in [3.8, 4) is 10.7 Å². The quantitative estimate of drug-likeness (QED) is 0.940. The fraction of sp³-hybridized carbons (Fsp3) is 0.471. The van der Waals surface area contributed by atoms with E-state index in [0.29, 0.717) is 18.4 Å². The third-order valence-electron chi connectivity index (χ3n) is 4.08. The summed E-state index contributed by atoms with van der Waals surface area (Å²) in [5, 5.41) is 5.98. The predicted molar refractivity (Wildman–Crippen MR) is 88.6 cm³/mol. The minimum Gasteiger partial charge on any atom is -0.353 e. The fourth-order valence-electron chi connectivity index (χ4n) is 3.00. The van der Waals surface area contributed by atoms with E-state index in [4.69, 9.17) is 0 Å². The Labute approximate surface area is 135 Å². The van der Waals surface area contributed by atoms with Gasteiger partial charge in [-0.2, -0.15) is 0 Å². The van der Waals surface area contributed by atoms with Crippen LogP contribution in [0.3, 0.4) is 0 Å². The number of carbonyl (C=O) groups is 1. The lowest BCUT2D eigenvalue weighted by atomic mass is 9.87. The van der Waals surface area contributed by atoms with Crippen LogP contribution in [0.2, 0.25) is 0 Å². The standard InChI is InChI=1S/C17H21N3OS/c1-12-5-4-6-13(9-12)19-16(21)10-14-11-22-17(20-14)15-7-2-3-8-18-15/h2-3,7-8,11-13H,4-6,9-10H2,1H3,(H,19,21)/t12-,13+/m0/s1. The molecule has 5 heteroatoms. The SMILES string of the molecule is C[C@H]1CCC[C@@H](NC(=O)Cc2csc(-c3ccccn3)n2)C1. The molecule has 3 rings (SSSR count). The van der Waals surface area contributed by atoms with Gasteiger partial charge in [-0.15, -0.1) is 11.3 Å². The molecule has 0 unspecified atom stereocenters. The third-order valence-corrected chi connectivity index (χ3v) is 4.99. The molecule has 1 N–H and O–H groups in total. The van der Waals surface area contributed by atoms with Crippen molar-refractivity contribution < 1.29 is 4.79 Å². The molecule has 2 atom stereocenters. The van der Waals surface area contributed by atoms with Crippen LogP contribution in [0.5, 0.6) is 0 Å². The lowest BCUT2D eigenvalue weighted by Gasteiger charge is -2.27. The Kier molecular flexibility index (Phi) is 4.83. The molecule has 0 aromatic carbocycles. The Bertz CT molecular complexity index is 626. The van der Waals surface area contributed by atoms with Gasteiger partial charge in [0.1, 0.15) is 5.01 Å². The Morgan fingerprint density at radius 1 is 1.41 bits per heavy atom. The van der Waals surface area contributed by atoms with E-state index in [1.165, 1.54) is 24.2 Å². The summed E-state index contributed by atoms with van der Waals surface area (Å²) in [6.07, 6.45) is 6.81. The van der Waals surface area contributed by atoms with Crippen LogP contribution in [0.1, 0.15) is 38.3 Å². The highest BCUT2D eigenvalue weighted by molar-refractivity contribution is 7.13. The first kappa shape index (κ1) is 15.2. The van der Waals surface area contributed by atoms with Gasteiger partial charge in [-0.3, -0.25) is 9.78 Å². The maximum atomic E-state index is 12.2. The van der Waals surface area contributed by atoms with Crippen molar-refractivity contribution in [2.24, 2.45) is 5.92 Å². The van der Waals surface area contributed by atoms with Crippen LogP contribution in [0, 0.1) is 5.92 Å². The van der Waals surface area contributed by atoms with E-state index in [0.717, 1.165) is 29.2 Å². The highest BCUT2D eigenvalue weighted by atomic mass is 32.1. The Hall–Kier alpha value is -1.75. The van der Waals surface area contributed by atoms with Crippen LogP contribution in [-0.4, -0.2) is 21.9 Å².